The summed E-state index contributed by atoms with van der Waals surface area (Å²) in [5.41, 5.74) is 0. The maximum Gasteiger partial charge on any atom is 0.439 e. The second-order valence-corrected chi connectivity index (χ2v) is 6.98. The van der Waals surface area contributed by atoms with E-state index in [4.69, 9.17) is 0 Å². The number of allylic oxidation sites excluding steroid dienone is 1. The van der Waals surface area contributed by atoms with Gasteiger partial charge in [0.2, 0.25) is 14.2 Å². The summed E-state index contributed by atoms with van der Waals surface area (Å²) in [6.07, 6.45) is -2.38. The minimum absolute atomic E-state index is 0.0140. The average molecular weight is 341 g/mol. The van der Waals surface area contributed by atoms with Gasteiger partial charge in [0.1, 0.15) is 0 Å². The number of sulfone groups is 1. The summed E-state index contributed by atoms with van der Waals surface area (Å²) in [5, 5.41) is 3.34. The van der Waals surface area contributed by atoms with E-state index in [2.05, 4.69) is 19.6 Å². The first-order chi connectivity index (χ1) is 9.79. The normalized spacial score (nSPS) is 11.6. The molecule has 0 saturated heterocycles. The highest BCUT2D eigenvalue weighted by Gasteiger charge is 2.22. The van der Waals surface area contributed by atoms with Crippen molar-refractivity contribution in [3.05, 3.63) is 28.7 Å². The highest BCUT2D eigenvalue weighted by molar-refractivity contribution is 7.93. The van der Waals surface area contributed by atoms with Crippen LogP contribution in [0.4, 0.5) is 13.2 Å². The molecule has 0 amide bonds. The van der Waals surface area contributed by atoms with Crippen molar-refractivity contribution in [3.63, 3.8) is 0 Å². The Morgan fingerprint density at radius 3 is 2.67 bits per heavy atom. The van der Waals surface area contributed by atoms with Crippen LogP contribution >= 0.6 is 11.3 Å². The van der Waals surface area contributed by atoms with Crippen molar-refractivity contribution in [1.29, 1.82) is 0 Å². The number of thiazole rings is 1. The number of halogens is 3. The van der Waals surface area contributed by atoms with Crippen LogP contribution in [0.5, 0.6) is 0 Å². The van der Waals surface area contributed by atoms with Gasteiger partial charge < -0.3 is 0 Å². The Hall–Kier alpha value is -1.95. The number of aromatic nitrogens is 3. The van der Waals surface area contributed by atoms with Crippen molar-refractivity contribution in [1.82, 2.24) is 15.1 Å². The van der Waals surface area contributed by atoms with Gasteiger partial charge in [-0.25, -0.2) is 22.6 Å². The van der Waals surface area contributed by atoms with Gasteiger partial charge >= 0.3 is 11.8 Å². The Morgan fingerprint density at radius 2 is 2.10 bits per heavy atom. The third-order valence-corrected chi connectivity index (χ3v) is 5.41. The lowest BCUT2D eigenvalue weighted by molar-refractivity contribution is 0.373. The van der Waals surface area contributed by atoms with E-state index in [0.29, 0.717) is 11.3 Å². The lowest BCUT2D eigenvalue weighted by atomic mass is 10.4. The molecule has 0 saturated carbocycles. The summed E-state index contributed by atoms with van der Waals surface area (Å²) in [5.74, 6) is -3.47. The number of nitrogens with one attached hydrogen (secondary N) is 1. The topological polar surface area (TPSA) is 106 Å². The van der Waals surface area contributed by atoms with E-state index in [1.165, 1.54) is 0 Å². The van der Waals surface area contributed by atoms with E-state index in [0.717, 1.165) is 6.20 Å². The van der Waals surface area contributed by atoms with E-state index < -0.39 is 44.0 Å². The molecule has 2 heterocycles. The van der Waals surface area contributed by atoms with Gasteiger partial charge in [0.05, 0.1) is 16.8 Å². The van der Waals surface area contributed by atoms with Crippen molar-refractivity contribution >= 4 is 21.2 Å². The molecule has 0 fully saturated rings. The fourth-order valence-electron chi connectivity index (χ4n) is 1.25. The van der Waals surface area contributed by atoms with Gasteiger partial charge in [-0.3, -0.25) is 9.51 Å². The molecule has 12 heteroatoms. The number of aromatic amines is 1. The standard InChI is InChI=1S/C9H6F3N3O4S2/c10-4(6(11)12)1-2-21(17,18)9-13-3-5(20-9)7-14-8(16)19-15-7/h3H,1-2H2,(H,14,15,16). The van der Waals surface area contributed by atoms with Gasteiger partial charge in [-0.1, -0.05) is 16.5 Å². The molecule has 2 rings (SSSR count). The first kappa shape index (κ1) is 15.4. The molecule has 21 heavy (non-hydrogen) atoms. The predicted octanol–water partition coefficient (Wildman–Crippen LogP) is 1.73. The Balaban J connectivity index is 2.20. The molecule has 1 N–H and O–H groups in total. The smallest absolute Gasteiger partial charge is 0.296 e. The maximum absolute atomic E-state index is 12.6. The molecule has 0 aliphatic heterocycles. The van der Waals surface area contributed by atoms with E-state index in [-0.39, 0.29) is 10.7 Å². The summed E-state index contributed by atoms with van der Waals surface area (Å²) < 4.78 is 63.9. The molecule has 7 nitrogen and oxygen atoms in total. The highest BCUT2D eigenvalue weighted by Crippen LogP contribution is 2.27. The van der Waals surface area contributed by atoms with Crippen LogP contribution in [-0.2, 0) is 9.84 Å². The molecule has 0 aliphatic rings. The van der Waals surface area contributed by atoms with Gasteiger partial charge in [0.25, 0.3) is 0 Å². The highest BCUT2D eigenvalue weighted by atomic mass is 32.2. The van der Waals surface area contributed by atoms with Crippen LogP contribution in [0.15, 0.2) is 31.8 Å². The lowest BCUT2D eigenvalue weighted by Gasteiger charge is -1.98. The summed E-state index contributed by atoms with van der Waals surface area (Å²) in [7, 11) is -4.02. The zero-order chi connectivity index (χ0) is 15.6. The van der Waals surface area contributed by atoms with Gasteiger partial charge in [-0.2, -0.15) is 8.78 Å². The van der Waals surface area contributed by atoms with Crippen molar-refractivity contribution in [2.75, 3.05) is 5.75 Å². The maximum atomic E-state index is 12.6. The van der Waals surface area contributed by atoms with E-state index in [9.17, 15) is 26.4 Å². The van der Waals surface area contributed by atoms with Gasteiger partial charge in [0, 0.05) is 6.42 Å². The van der Waals surface area contributed by atoms with Gasteiger partial charge in [-0.15, -0.1) is 0 Å². The molecule has 0 atom stereocenters. The number of nitrogens with zero attached hydrogens (tertiary/aromatic N) is 2. The Morgan fingerprint density at radius 1 is 1.38 bits per heavy atom. The lowest BCUT2D eigenvalue weighted by Crippen LogP contribution is -2.06. The Kier molecular flexibility index (Phi) is 4.27. The monoisotopic (exact) mass is 341 g/mol. The molecule has 2 aromatic rings. The van der Waals surface area contributed by atoms with Gasteiger partial charge in [-0.05, 0) is 0 Å². The molecule has 0 aliphatic carbocycles. The molecule has 0 aromatic carbocycles. The van der Waals surface area contributed by atoms with Crippen LogP contribution in [0.2, 0.25) is 0 Å². The fourth-order valence-corrected chi connectivity index (χ4v) is 3.70. The van der Waals surface area contributed by atoms with Crippen LogP contribution in [0.1, 0.15) is 6.42 Å². The summed E-state index contributed by atoms with van der Waals surface area (Å²) in [6.45, 7) is 0. The Labute approximate surface area is 119 Å². The van der Waals surface area contributed by atoms with Crippen molar-refractivity contribution in [3.8, 4) is 10.7 Å². The fraction of sp³-hybridized carbons (Fsp3) is 0.222. The molecular weight excluding hydrogens is 335 g/mol. The number of H-pyrrole nitrogens is 1. The molecule has 114 valence electrons. The average Bonchev–Trinajstić information content (AvgIpc) is 3.04. The molecule has 0 radical (unpaired) electrons. The summed E-state index contributed by atoms with van der Waals surface area (Å²) in [6, 6.07) is 0. The molecule has 0 unspecified atom stereocenters. The molecule has 0 bridgehead atoms. The third kappa shape index (κ3) is 3.58. The van der Waals surface area contributed by atoms with Crippen LogP contribution < -0.4 is 5.76 Å². The molecule has 2 aromatic heterocycles. The van der Waals surface area contributed by atoms with Crippen LogP contribution in [0, 0.1) is 0 Å². The van der Waals surface area contributed by atoms with Crippen molar-refractivity contribution in [2.24, 2.45) is 0 Å². The van der Waals surface area contributed by atoms with Crippen molar-refractivity contribution < 1.29 is 26.1 Å². The first-order valence-electron chi connectivity index (χ1n) is 5.24. The molecule has 0 spiro atoms. The van der Waals surface area contributed by atoms with Gasteiger partial charge in [0.15, 0.2) is 11.7 Å². The third-order valence-electron chi connectivity index (χ3n) is 2.22. The van der Waals surface area contributed by atoms with Crippen molar-refractivity contribution in [2.45, 2.75) is 10.8 Å². The largest absolute Gasteiger partial charge is 0.439 e. The van der Waals surface area contributed by atoms with Crippen LogP contribution in [0.25, 0.3) is 10.7 Å². The SMILES string of the molecule is O=c1[nH]c(-c2cnc(S(=O)(=O)CCC(F)=C(F)F)s2)no1. The number of hydrogen-bond donors (Lipinski definition) is 1. The zero-order valence-corrected chi connectivity index (χ0v) is 11.6. The summed E-state index contributed by atoms with van der Waals surface area (Å²) >= 11 is 0.649. The first-order valence-corrected chi connectivity index (χ1v) is 7.71. The second kappa shape index (κ2) is 5.81. The number of hydrogen-bond acceptors (Lipinski definition) is 7. The summed E-state index contributed by atoms with van der Waals surface area (Å²) in [4.78, 5) is 16.8. The molecular formula is C9H6F3N3O4S2. The van der Waals surface area contributed by atoms with E-state index in [1.807, 2.05) is 0 Å². The van der Waals surface area contributed by atoms with Crippen LogP contribution in [0.3, 0.4) is 0 Å². The zero-order valence-electron chi connectivity index (χ0n) is 9.97. The quantitative estimate of drug-likeness (QED) is 0.888. The number of rotatable bonds is 5. The van der Waals surface area contributed by atoms with Crippen LogP contribution in [-0.4, -0.2) is 29.3 Å². The van der Waals surface area contributed by atoms with E-state index >= 15 is 0 Å². The predicted molar refractivity (Wildman–Crippen MR) is 65.3 cm³/mol. The van der Waals surface area contributed by atoms with E-state index in [1.54, 1.807) is 0 Å². The minimum atomic E-state index is -4.02. The second-order valence-electron chi connectivity index (χ2n) is 3.67. The minimum Gasteiger partial charge on any atom is -0.296 e. The Bertz CT molecular complexity index is 832.